The summed E-state index contributed by atoms with van der Waals surface area (Å²) in [5, 5.41) is 9.94. The van der Waals surface area contributed by atoms with Gasteiger partial charge in [0, 0.05) is 16.6 Å². The van der Waals surface area contributed by atoms with Crippen LogP contribution in [-0.2, 0) is 11.2 Å². The first kappa shape index (κ1) is 11.7. The van der Waals surface area contributed by atoms with Crippen LogP contribution in [0.2, 0.25) is 0 Å². The van der Waals surface area contributed by atoms with Gasteiger partial charge in [-0.3, -0.25) is 4.79 Å². The highest BCUT2D eigenvalue weighted by Gasteiger charge is 2.10. The third-order valence-corrected chi connectivity index (χ3v) is 3.20. The molecule has 0 saturated carbocycles. The van der Waals surface area contributed by atoms with Crippen LogP contribution in [-0.4, -0.2) is 16.1 Å². The van der Waals surface area contributed by atoms with Crippen LogP contribution in [0.3, 0.4) is 0 Å². The zero-order chi connectivity index (χ0) is 12.6. The smallest absolute Gasteiger partial charge is 0.303 e. The molecular weight excluding hydrogens is 214 g/mol. The molecule has 1 aromatic carbocycles. The van der Waals surface area contributed by atoms with Crippen LogP contribution < -0.4 is 0 Å². The average molecular weight is 231 g/mol. The minimum Gasteiger partial charge on any atom is -0.481 e. The summed E-state index contributed by atoms with van der Waals surface area (Å²) in [7, 11) is 0. The number of nitrogens with one attached hydrogen (secondary N) is 1. The molecule has 90 valence electrons. The number of benzene rings is 1. The fourth-order valence-corrected chi connectivity index (χ4v) is 2.32. The molecule has 0 spiro atoms. The van der Waals surface area contributed by atoms with E-state index in [-0.39, 0.29) is 6.42 Å². The molecule has 1 heterocycles. The monoisotopic (exact) mass is 231 g/mol. The van der Waals surface area contributed by atoms with E-state index in [9.17, 15) is 4.79 Å². The molecular formula is C14H17NO2. The van der Waals surface area contributed by atoms with E-state index in [1.807, 2.05) is 0 Å². The lowest BCUT2D eigenvalue weighted by Gasteiger charge is -1.99. The first-order valence-electron chi connectivity index (χ1n) is 5.79. The quantitative estimate of drug-likeness (QED) is 0.852. The Labute approximate surface area is 100 Å². The molecule has 2 N–H and O–H groups in total. The lowest BCUT2D eigenvalue weighted by atomic mass is 10.0. The molecule has 0 aliphatic rings. The van der Waals surface area contributed by atoms with E-state index >= 15 is 0 Å². The van der Waals surface area contributed by atoms with Gasteiger partial charge in [0.1, 0.15) is 0 Å². The number of aromatic nitrogens is 1. The standard InChI is InChI=1S/C14H17NO2/c1-8-6-9(2)14-11(7-8)10(3)12(15-14)4-5-13(16)17/h6-7,15H,4-5H2,1-3H3,(H,16,17). The minimum absolute atomic E-state index is 0.172. The lowest BCUT2D eigenvalue weighted by molar-refractivity contribution is -0.136. The summed E-state index contributed by atoms with van der Waals surface area (Å²) in [4.78, 5) is 14.0. The van der Waals surface area contributed by atoms with Crippen LogP contribution in [0.1, 0.15) is 28.8 Å². The SMILES string of the molecule is Cc1cc(C)c2[nH]c(CCC(=O)O)c(C)c2c1. The molecule has 0 aliphatic carbocycles. The molecule has 0 radical (unpaired) electrons. The lowest BCUT2D eigenvalue weighted by Crippen LogP contribution is -1.98. The Morgan fingerprint density at radius 3 is 2.65 bits per heavy atom. The van der Waals surface area contributed by atoms with Crippen LogP contribution in [0.5, 0.6) is 0 Å². The third kappa shape index (κ3) is 2.18. The Morgan fingerprint density at radius 2 is 2.00 bits per heavy atom. The number of rotatable bonds is 3. The number of carboxylic acids is 1. The summed E-state index contributed by atoms with van der Waals surface area (Å²) >= 11 is 0. The van der Waals surface area contributed by atoms with E-state index in [2.05, 4.69) is 37.9 Å². The van der Waals surface area contributed by atoms with Gasteiger partial charge in [0.15, 0.2) is 0 Å². The maximum absolute atomic E-state index is 10.6. The molecule has 17 heavy (non-hydrogen) atoms. The van der Waals surface area contributed by atoms with Gasteiger partial charge in [-0.25, -0.2) is 0 Å². The van der Waals surface area contributed by atoms with Gasteiger partial charge in [-0.15, -0.1) is 0 Å². The number of aliphatic carboxylic acids is 1. The number of aromatic amines is 1. The van der Waals surface area contributed by atoms with Crippen molar-refractivity contribution in [3.8, 4) is 0 Å². The molecule has 2 aromatic rings. The van der Waals surface area contributed by atoms with Gasteiger partial charge in [0.2, 0.25) is 0 Å². The van der Waals surface area contributed by atoms with E-state index in [4.69, 9.17) is 5.11 Å². The maximum atomic E-state index is 10.6. The van der Waals surface area contributed by atoms with Gasteiger partial charge in [0.25, 0.3) is 0 Å². The van der Waals surface area contributed by atoms with Crippen molar-refractivity contribution in [2.45, 2.75) is 33.6 Å². The summed E-state index contributed by atoms with van der Waals surface area (Å²) in [5.74, 6) is -0.754. The second-order valence-corrected chi connectivity index (χ2v) is 4.63. The molecule has 3 nitrogen and oxygen atoms in total. The summed E-state index contributed by atoms with van der Waals surface area (Å²) in [6.07, 6.45) is 0.736. The van der Waals surface area contributed by atoms with Gasteiger partial charge < -0.3 is 10.1 Å². The van der Waals surface area contributed by atoms with Crippen LogP contribution in [0.15, 0.2) is 12.1 Å². The molecule has 0 fully saturated rings. The first-order chi connectivity index (χ1) is 7.99. The van der Waals surface area contributed by atoms with Crippen LogP contribution in [0, 0.1) is 20.8 Å². The molecule has 0 saturated heterocycles. The third-order valence-electron chi connectivity index (χ3n) is 3.20. The largest absolute Gasteiger partial charge is 0.481 e. The predicted octanol–water partition coefficient (Wildman–Crippen LogP) is 3.11. The normalized spacial score (nSPS) is 11.0. The zero-order valence-corrected chi connectivity index (χ0v) is 10.4. The summed E-state index contributed by atoms with van der Waals surface area (Å²) in [5.41, 5.74) is 5.80. The van der Waals surface area contributed by atoms with E-state index in [1.165, 1.54) is 22.1 Å². The predicted molar refractivity (Wildman–Crippen MR) is 68.5 cm³/mol. The number of aryl methyl sites for hydroxylation is 4. The van der Waals surface area contributed by atoms with Crippen molar-refractivity contribution in [3.05, 3.63) is 34.5 Å². The number of carbonyl (C=O) groups is 1. The Morgan fingerprint density at radius 1 is 1.29 bits per heavy atom. The van der Waals surface area contributed by atoms with Crippen LogP contribution >= 0.6 is 0 Å². The summed E-state index contributed by atoms with van der Waals surface area (Å²) in [6.45, 7) is 6.21. The zero-order valence-electron chi connectivity index (χ0n) is 10.4. The van der Waals surface area contributed by atoms with Crippen LogP contribution in [0.4, 0.5) is 0 Å². The van der Waals surface area contributed by atoms with Gasteiger partial charge >= 0.3 is 5.97 Å². The van der Waals surface area contributed by atoms with Gasteiger partial charge in [-0.05, 0) is 44.4 Å². The molecule has 0 amide bonds. The number of hydrogen-bond acceptors (Lipinski definition) is 1. The Kier molecular flexibility index (Phi) is 2.92. The maximum Gasteiger partial charge on any atom is 0.303 e. The number of hydrogen-bond donors (Lipinski definition) is 2. The van der Waals surface area contributed by atoms with E-state index in [0.717, 1.165) is 11.2 Å². The highest BCUT2D eigenvalue weighted by molar-refractivity contribution is 5.87. The van der Waals surface area contributed by atoms with Crippen molar-refractivity contribution in [2.75, 3.05) is 0 Å². The highest BCUT2D eigenvalue weighted by Crippen LogP contribution is 2.26. The van der Waals surface area contributed by atoms with Gasteiger partial charge in [0.05, 0.1) is 6.42 Å². The molecule has 3 heteroatoms. The molecule has 0 bridgehead atoms. The topological polar surface area (TPSA) is 53.1 Å². The Balaban J connectivity index is 2.49. The van der Waals surface area contributed by atoms with Crippen molar-refractivity contribution < 1.29 is 9.90 Å². The molecule has 1 aromatic heterocycles. The molecule has 0 unspecified atom stereocenters. The fourth-order valence-electron chi connectivity index (χ4n) is 2.32. The van der Waals surface area contributed by atoms with E-state index in [0.29, 0.717) is 6.42 Å². The van der Waals surface area contributed by atoms with Crippen molar-refractivity contribution in [1.29, 1.82) is 0 Å². The Hall–Kier alpha value is -1.77. The number of fused-ring (bicyclic) bond motifs is 1. The second-order valence-electron chi connectivity index (χ2n) is 4.63. The van der Waals surface area contributed by atoms with E-state index < -0.39 is 5.97 Å². The molecule has 0 atom stereocenters. The highest BCUT2D eigenvalue weighted by atomic mass is 16.4. The first-order valence-corrected chi connectivity index (χ1v) is 5.79. The summed E-state index contributed by atoms with van der Waals surface area (Å²) in [6, 6.07) is 4.29. The fraction of sp³-hybridized carbons (Fsp3) is 0.357. The van der Waals surface area contributed by atoms with Crippen LogP contribution in [0.25, 0.3) is 10.9 Å². The van der Waals surface area contributed by atoms with Crippen molar-refractivity contribution >= 4 is 16.9 Å². The second kappa shape index (κ2) is 4.24. The Bertz CT molecular complexity index is 581. The van der Waals surface area contributed by atoms with Crippen molar-refractivity contribution in [2.24, 2.45) is 0 Å². The molecule has 0 aliphatic heterocycles. The number of H-pyrrole nitrogens is 1. The van der Waals surface area contributed by atoms with Gasteiger partial charge in [-0.1, -0.05) is 11.6 Å². The summed E-state index contributed by atoms with van der Waals surface area (Å²) < 4.78 is 0. The average Bonchev–Trinajstić information content (AvgIpc) is 2.54. The van der Waals surface area contributed by atoms with Crippen molar-refractivity contribution in [3.63, 3.8) is 0 Å². The van der Waals surface area contributed by atoms with E-state index in [1.54, 1.807) is 0 Å². The molecule has 2 rings (SSSR count). The van der Waals surface area contributed by atoms with Crippen molar-refractivity contribution in [1.82, 2.24) is 4.98 Å². The minimum atomic E-state index is -0.754. The van der Waals surface area contributed by atoms with Gasteiger partial charge in [-0.2, -0.15) is 0 Å². The number of carboxylic acid groups (broad SMARTS) is 1.